The van der Waals surface area contributed by atoms with Crippen LogP contribution >= 0.6 is 0 Å². The molecule has 0 saturated carbocycles. The maximum atomic E-state index is 5.72. The van der Waals surface area contributed by atoms with Crippen LogP contribution in [0.3, 0.4) is 0 Å². The summed E-state index contributed by atoms with van der Waals surface area (Å²) in [6, 6.07) is 1.81. The first-order chi connectivity index (χ1) is 8.25. The van der Waals surface area contributed by atoms with E-state index in [9.17, 15) is 0 Å². The van der Waals surface area contributed by atoms with E-state index < -0.39 is 0 Å². The molecule has 17 heavy (non-hydrogen) atoms. The summed E-state index contributed by atoms with van der Waals surface area (Å²) in [6.07, 6.45) is 4.20. The fraction of sp³-hybridized carbons (Fsp3) is 0.667. The molecular formula is C12H20N4O. The first-order valence-corrected chi connectivity index (χ1v) is 6.09. The smallest absolute Gasteiger partial charge is 0.228 e. The number of nitrogens with one attached hydrogen (secondary N) is 1. The van der Waals surface area contributed by atoms with Crippen LogP contribution in [0.4, 0.5) is 5.95 Å². The van der Waals surface area contributed by atoms with Crippen molar-refractivity contribution in [2.24, 2.45) is 5.92 Å². The number of hydrogen-bond donors (Lipinski definition) is 1. The number of nitrogens with zero attached hydrogens (tertiary/aromatic N) is 3. The summed E-state index contributed by atoms with van der Waals surface area (Å²) in [5.41, 5.74) is 0. The molecule has 94 valence electrons. The minimum Gasteiger partial charge on any atom is -0.477 e. The van der Waals surface area contributed by atoms with Gasteiger partial charge in [0, 0.05) is 38.8 Å². The van der Waals surface area contributed by atoms with Gasteiger partial charge in [0.05, 0.1) is 6.61 Å². The monoisotopic (exact) mass is 236 g/mol. The lowest BCUT2D eigenvalue weighted by molar-refractivity contribution is 0.212. The third-order valence-electron chi connectivity index (χ3n) is 2.88. The summed E-state index contributed by atoms with van der Waals surface area (Å²) >= 11 is 0. The third-order valence-corrected chi connectivity index (χ3v) is 2.88. The van der Waals surface area contributed by atoms with Crippen LogP contribution in [0.25, 0.3) is 0 Å². The molecule has 5 heteroatoms. The summed E-state index contributed by atoms with van der Waals surface area (Å²) < 4.78 is 5.72. The van der Waals surface area contributed by atoms with Gasteiger partial charge in [-0.3, -0.25) is 0 Å². The summed E-state index contributed by atoms with van der Waals surface area (Å²) in [6.45, 7) is 2.91. The van der Waals surface area contributed by atoms with Gasteiger partial charge < -0.3 is 15.0 Å². The standard InChI is InChI=1S/C12H20N4O/c1-16(2)12-14-7-5-11(15-12)17-9-10-4-3-6-13-8-10/h5,7,10,13H,3-4,6,8-9H2,1-2H3. The van der Waals surface area contributed by atoms with Gasteiger partial charge in [0.15, 0.2) is 0 Å². The van der Waals surface area contributed by atoms with Crippen LogP contribution in [0.15, 0.2) is 12.3 Å². The fourth-order valence-corrected chi connectivity index (χ4v) is 1.90. The topological polar surface area (TPSA) is 50.3 Å². The molecule has 1 aliphatic rings. The molecule has 1 fully saturated rings. The van der Waals surface area contributed by atoms with E-state index in [1.54, 1.807) is 6.20 Å². The summed E-state index contributed by atoms with van der Waals surface area (Å²) in [5, 5.41) is 3.38. The molecule has 0 amide bonds. The van der Waals surface area contributed by atoms with Gasteiger partial charge in [0.2, 0.25) is 11.8 Å². The Labute approximate surface area is 102 Å². The normalized spacial score (nSPS) is 20.0. The van der Waals surface area contributed by atoms with Crippen molar-refractivity contribution in [1.29, 1.82) is 0 Å². The zero-order chi connectivity index (χ0) is 12.1. The summed E-state index contributed by atoms with van der Waals surface area (Å²) in [7, 11) is 3.84. The zero-order valence-corrected chi connectivity index (χ0v) is 10.5. The van der Waals surface area contributed by atoms with Crippen molar-refractivity contribution in [2.45, 2.75) is 12.8 Å². The maximum absolute atomic E-state index is 5.72. The molecule has 0 aromatic carbocycles. The van der Waals surface area contributed by atoms with Crippen LogP contribution in [-0.4, -0.2) is 43.8 Å². The minimum absolute atomic E-state index is 0.599. The zero-order valence-electron chi connectivity index (χ0n) is 10.5. The molecule has 1 saturated heterocycles. The number of piperidine rings is 1. The predicted octanol–water partition coefficient (Wildman–Crippen LogP) is 0.921. The van der Waals surface area contributed by atoms with Gasteiger partial charge in [0.1, 0.15) is 0 Å². The Kier molecular flexibility index (Phi) is 4.14. The van der Waals surface area contributed by atoms with Gasteiger partial charge in [-0.1, -0.05) is 0 Å². The molecule has 0 spiro atoms. The molecule has 1 aliphatic heterocycles. The summed E-state index contributed by atoms with van der Waals surface area (Å²) in [5.74, 6) is 1.94. The molecule has 1 aromatic rings. The van der Waals surface area contributed by atoms with Crippen LogP contribution in [0.1, 0.15) is 12.8 Å². The number of rotatable bonds is 4. The second-order valence-electron chi connectivity index (χ2n) is 4.61. The number of anilines is 1. The van der Waals surface area contributed by atoms with Crippen molar-refractivity contribution in [3.63, 3.8) is 0 Å². The molecular weight excluding hydrogens is 216 g/mol. The Morgan fingerprint density at radius 1 is 1.53 bits per heavy atom. The number of aromatic nitrogens is 2. The van der Waals surface area contributed by atoms with Crippen LogP contribution < -0.4 is 15.0 Å². The van der Waals surface area contributed by atoms with Gasteiger partial charge >= 0.3 is 0 Å². The lowest BCUT2D eigenvalue weighted by Gasteiger charge is -2.22. The highest BCUT2D eigenvalue weighted by Gasteiger charge is 2.13. The van der Waals surface area contributed by atoms with E-state index in [0.717, 1.165) is 19.7 Å². The van der Waals surface area contributed by atoms with Crippen LogP contribution in [0, 0.1) is 5.92 Å². The number of ether oxygens (including phenoxy) is 1. The molecule has 0 radical (unpaired) electrons. The highest BCUT2D eigenvalue weighted by Crippen LogP contribution is 2.14. The van der Waals surface area contributed by atoms with Crippen molar-refractivity contribution < 1.29 is 4.74 Å². The molecule has 2 rings (SSSR count). The SMILES string of the molecule is CN(C)c1nccc(OCC2CCCNC2)n1. The highest BCUT2D eigenvalue weighted by molar-refractivity contribution is 5.29. The van der Waals surface area contributed by atoms with E-state index in [4.69, 9.17) is 4.74 Å². The lowest BCUT2D eigenvalue weighted by atomic mass is 10.0. The highest BCUT2D eigenvalue weighted by atomic mass is 16.5. The maximum Gasteiger partial charge on any atom is 0.228 e. The molecule has 1 unspecified atom stereocenters. The lowest BCUT2D eigenvalue weighted by Crippen LogP contribution is -2.33. The van der Waals surface area contributed by atoms with E-state index >= 15 is 0 Å². The molecule has 0 bridgehead atoms. The molecule has 5 nitrogen and oxygen atoms in total. The van der Waals surface area contributed by atoms with Gasteiger partial charge in [-0.2, -0.15) is 4.98 Å². The average Bonchev–Trinajstić information content (AvgIpc) is 2.38. The van der Waals surface area contributed by atoms with Gasteiger partial charge in [-0.15, -0.1) is 0 Å². The van der Waals surface area contributed by atoms with Gasteiger partial charge in [-0.25, -0.2) is 4.98 Å². The molecule has 1 atom stereocenters. The van der Waals surface area contributed by atoms with Gasteiger partial charge in [-0.05, 0) is 19.4 Å². The first-order valence-electron chi connectivity index (χ1n) is 6.09. The quantitative estimate of drug-likeness (QED) is 0.842. The van der Waals surface area contributed by atoms with Crippen molar-refractivity contribution in [3.05, 3.63) is 12.3 Å². The predicted molar refractivity (Wildman–Crippen MR) is 67.4 cm³/mol. The molecule has 1 aromatic heterocycles. The van der Waals surface area contributed by atoms with Crippen molar-refractivity contribution in [3.8, 4) is 5.88 Å². The van der Waals surface area contributed by atoms with E-state index in [1.165, 1.54) is 12.8 Å². The van der Waals surface area contributed by atoms with E-state index in [-0.39, 0.29) is 0 Å². The Morgan fingerprint density at radius 3 is 3.12 bits per heavy atom. The second-order valence-corrected chi connectivity index (χ2v) is 4.61. The van der Waals surface area contributed by atoms with E-state index in [1.807, 2.05) is 25.1 Å². The Bertz CT molecular complexity index is 350. The Hall–Kier alpha value is -1.36. The molecule has 1 N–H and O–H groups in total. The fourth-order valence-electron chi connectivity index (χ4n) is 1.90. The van der Waals surface area contributed by atoms with Crippen LogP contribution in [0.5, 0.6) is 5.88 Å². The van der Waals surface area contributed by atoms with Crippen LogP contribution in [-0.2, 0) is 0 Å². The third kappa shape index (κ3) is 3.56. The van der Waals surface area contributed by atoms with E-state index in [2.05, 4.69) is 15.3 Å². The summed E-state index contributed by atoms with van der Waals surface area (Å²) in [4.78, 5) is 10.4. The Balaban J connectivity index is 1.87. The van der Waals surface area contributed by atoms with E-state index in [0.29, 0.717) is 17.7 Å². The molecule has 0 aliphatic carbocycles. The average molecular weight is 236 g/mol. The van der Waals surface area contributed by atoms with Crippen molar-refractivity contribution in [1.82, 2.24) is 15.3 Å². The largest absolute Gasteiger partial charge is 0.477 e. The van der Waals surface area contributed by atoms with Crippen molar-refractivity contribution >= 4 is 5.95 Å². The molecule has 2 heterocycles. The van der Waals surface area contributed by atoms with Crippen LogP contribution in [0.2, 0.25) is 0 Å². The first kappa shape index (κ1) is 12.1. The Morgan fingerprint density at radius 2 is 2.41 bits per heavy atom. The second kappa shape index (κ2) is 5.82. The number of hydrogen-bond acceptors (Lipinski definition) is 5. The van der Waals surface area contributed by atoms with Gasteiger partial charge in [0.25, 0.3) is 0 Å². The minimum atomic E-state index is 0.599. The van der Waals surface area contributed by atoms with Crippen molar-refractivity contribution in [2.75, 3.05) is 38.7 Å².